The van der Waals surface area contributed by atoms with Crippen molar-refractivity contribution in [3.8, 4) is 28.7 Å². The first kappa shape index (κ1) is 96.8. The lowest BCUT2D eigenvalue weighted by atomic mass is 10.1. The molecule has 6 N–H and O–H groups in total. The Morgan fingerprint density at radius 2 is 0.677 bits per heavy atom. The second-order valence-corrected chi connectivity index (χ2v) is 37.2. The van der Waals surface area contributed by atoms with Crippen LogP contribution in [0.3, 0.4) is 0 Å². The molecular formula is C102H120BrN17O13. The molecule has 2 fully saturated rings. The Bertz CT molecular complexity index is 6280. The minimum atomic E-state index is -0.577. The van der Waals surface area contributed by atoms with Crippen molar-refractivity contribution in [3.63, 3.8) is 0 Å². The number of phenolic OH excluding ortho intramolecular Hbond substituents is 2. The van der Waals surface area contributed by atoms with Crippen molar-refractivity contribution in [1.29, 1.82) is 0 Å². The minimum absolute atomic E-state index is 0.0859. The quantitative estimate of drug-likeness (QED) is 0.0217. The summed E-state index contributed by atoms with van der Waals surface area (Å²) in [6.45, 7) is 34.5. The molecule has 0 saturated carbocycles. The topological polar surface area (TPSA) is 341 Å². The third kappa shape index (κ3) is 27.7. The highest BCUT2D eigenvalue weighted by Crippen LogP contribution is 2.33. The number of halogens is 1. The third-order valence-electron chi connectivity index (χ3n) is 21.4. The summed E-state index contributed by atoms with van der Waals surface area (Å²) < 4.78 is 44.2. The number of hydrogen-bond acceptors (Lipinski definition) is 24. The van der Waals surface area contributed by atoms with E-state index in [2.05, 4.69) is 161 Å². The van der Waals surface area contributed by atoms with E-state index in [1.807, 2.05) is 141 Å². The Kier molecular flexibility index (Phi) is 32.3. The number of carbonyl (C=O) groups is 4. The van der Waals surface area contributed by atoms with Crippen LogP contribution in [0.5, 0.6) is 28.7 Å². The SMILES string of the molecule is CC(C)(C)OC(=O)n1ncc2ccc(O)cc21.CC(C)(C)OC(=O)n1ncc2ccc(OCCCCBr)cc21.CC(C)(C)OC(=O)n1ncc2ccc(OCCCCN3CCN(c4cccc5ccccc45)CC3)cc21.CC(C)(C)OC(=O)n1ncc2ccc(OCCCCN3CCN(c4cccc5ccccc45)CC3)cc21.Nc1ccc2cn[nH]c2c1.Oc1ccc2cn[nH]c2c1. The predicted molar refractivity (Wildman–Crippen MR) is 529 cm³/mol. The molecule has 2 aliphatic heterocycles. The zero-order valence-corrected chi connectivity index (χ0v) is 79.3. The number of aromatic hydroxyl groups is 2. The molecule has 0 atom stereocenters. The highest BCUT2D eigenvalue weighted by atomic mass is 79.9. The van der Waals surface area contributed by atoms with Crippen LogP contribution in [0.15, 0.2) is 231 Å². The number of carbonyl (C=O) groups excluding carboxylic acids is 4. The number of piperazine rings is 2. The number of phenols is 2. The van der Waals surface area contributed by atoms with Gasteiger partial charge < -0.3 is 58.9 Å². The summed E-state index contributed by atoms with van der Waals surface area (Å²) in [5.74, 6) is 2.55. The van der Waals surface area contributed by atoms with Gasteiger partial charge >= 0.3 is 24.4 Å². The molecule has 2 aliphatic rings. The molecule has 10 aromatic carbocycles. The number of nitrogens with zero attached hydrogens (tertiary/aromatic N) is 14. The van der Waals surface area contributed by atoms with Gasteiger partial charge in [-0.25, -0.2) is 19.2 Å². The lowest BCUT2D eigenvalue weighted by Gasteiger charge is -2.36. The largest absolute Gasteiger partial charge is 0.508 e. The Hall–Kier alpha value is -13.8. The normalized spacial score (nSPS) is 13.2. The van der Waals surface area contributed by atoms with Gasteiger partial charge in [-0.1, -0.05) is 88.7 Å². The standard InChI is InChI=1S/2C30H36N4O3.C16H21BrN2O3.C12H14N2O3.C7H7N3.C7H6N2O/c2*1-30(2,3)37-29(35)34-28-21-25(14-13-24(28)22-31-34)36-20-7-6-15-32-16-18-33(19-17-32)27-12-8-10-23-9-4-5-11-26(23)27;1-16(2,3)22-15(20)19-14-10-13(21-9-5-4-8-17)7-6-12(14)11-18-19;1-12(2,3)17-11(16)14-10-6-9(15)5-4-8(10)7-13-14;8-6-2-1-5-4-9-10-7(5)3-6;10-6-2-1-5-4-8-9-7(5)3-6/h2*4-5,8-14,21-22H,6-7,15-20H2,1-3H3;6-7,10-11H,4-5,8-9H2,1-3H3;4-7,15H,1-3H3;1-4H,8H2,(H,9,10);1-4,10H,(H,8,9). The molecule has 31 heteroatoms. The van der Waals surface area contributed by atoms with E-state index in [-0.39, 0.29) is 11.5 Å². The molecular weight excluding hydrogens is 1750 g/mol. The summed E-state index contributed by atoms with van der Waals surface area (Å²) in [6, 6.07) is 62.9. The molecule has 0 unspecified atom stereocenters. The molecule has 0 spiro atoms. The Morgan fingerprint density at radius 1 is 0.353 bits per heavy atom. The molecule has 16 aromatic rings. The Labute approximate surface area is 781 Å². The van der Waals surface area contributed by atoms with Gasteiger partial charge in [-0.3, -0.25) is 20.0 Å². The smallest absolute Gasteiger partial charge is 0.435 e. The van der Waals surface area contributed by atoms with Crippen molar-refractivity contribution in [2.45, 2.75) is 144 Å². The third-order valence-corrected chi connectivity index (χ3v) is 21.9. The number of benzene rings is 10. The minimum Gasteiger partial charge on any atom is -0.508 e. The van der Waals surface area contributed by atoms with Crippen molar-refractivity contribution in [3.05, 3.63) is 231 Å². The maximum atomic E-state index is 12.5. The first-order valence-corrected chi connectivity index (χ1v) is 46.1. The molecule has 0 radical (unpaired) electrons. The zero-order chi connectivity index (χ0) is 94.4. The second kappa shape index (κ2) is 44.4. The van der Waals surface area contributed by atoms with Crippen molar-refractivity contribution in [2.75, 3.05) is 106 Å². The van der Waals surface area contributed by atoms with Crippen LogP contribution in [0.4, 0.5) is 36.2 Å². The van der Waals surface area contributed by atoms with Crippen LogP contribution in [0, 0.1) is 0 Å². The maximum Gasteiger partial charge on any atom is 0.435 e. The zero-order valence-electron chi connectivity index (χ0n) is 77.7. The van der Waals surface area contributed by atoms with Crippen LogP contribution in [-0.4, -0.2) is 217 Å². The molecule has 698 valence electrons. The van der Waals surface area contributed by atoms with E-state index < -0.39 is 46.8 Å². The average Bonchev–Trinajstić information content (AvgIpc) is 1.79. The number of alkyl halides is 1. The summed E-state index contributed by atoms with van der Waals surface area (Å²) in [5, 5.41) is 59.9. The van der Waals surface area contributed by atoms with Gasteiger partial charge in [0.15, 0.2) is 0 Å². The number of nitrogens with two attached hydrogens (primary N) is 1. The molecule has 0 aliphatic carbocycles. The van der Waals surface area contributed by atoms with Crippen molar-refractivity contribution < 1.29 is 62.5 Å². The number of hydrogen-bond donors (Lipinski definition) is 5. The van der Waals surface area contributed by atoms with Crippen LogP contribution in [0.25, 0.3) is 87.0 Å². The first-order valence-electron chi connectivity index (χ1n) is 44.9. The van der Waals surface area contributed by atoms with Crippen molar-refractivity contribution >= 4 is 144 Å². The molecule has 133 heavy (non-hydrogen) atoms. The van der Waals surface area contributed by atoms with E-state index in [0.717, 1.165) is 180 Å². The molecule has 2 saturated heterocycles. The summed E-state index contributed by atoms with van der Waals surface area (Å²) in [6.07, 6.45) is 14.2. The number of anilines is 3. The summed E-state index contributed by atoms with van der Waals surface area (Å²) in [5.41, 5.74) is 11.1. The van der Waals surface area contributed by atoms with E-state index in [9.17, 15) is 24.3 Å². The Balaban J connectivity index is 0.000000145. The van der Waals surface area contributed by atoms with E-state index in [1.165, 1.54) is 53.0 Å². The summed E-state index contributed by atoms with van der Waals surface area (Å²) >= 11 is 3.39. The molecule has 0 bridgehead atoms. The number of H-pyrrole nitrogens is 2. The van der Waals surface area contributed by atoms with Crippen molar-refractivity contribution in [2.24, 2.45) is 0 Å². The van der Waals surface area contributed by atoms with Crippen LogP contribution in [0.1, 0.15) is 122 Å². The monoisotopic (exact) mass is 1870 g/mol. The van der Waals surface area contributed by atoms with E-state index in [4.69, 9.17) is 44.0 Å². The number of nitrogens with one attached hydrogen (secondary N) is 2. The lowest BCUT2D eigenvalue weighted by molar-refractivity contribution is 0.0511. The molecule has 8 heterocycles. The van der Waals surface area contributed by atoms with Crippen LogP contribution >= 0.6 is 15.9 Å². The number of unbranched alkanes of at least 4 members (excludes halogenated alkanes) is 3. The first-order chi connectivity index (χ1) is 63.7. The number of aromatic nitrogens is 12. The summed E-state index contributed by atoms with van der Waals surface area (Å²) in [7, 11) is 0. The number of rotatable bonds is 19. The molecule has 6 aromatic heterocycles. The van der Waals surface area contributed by atoms with Gasteiger partial charge in [-0.05, 0) is 236 Å². The van der Waals surface area contributed by atoms with E-state index in [0.29, 0.717) is 41.9 Å². The van der Waals surface area contributed by atoms with Gasteiger partial charge in [-0.15, -0.1) is 0 Å². The van der Waals surface area contributed by atoms with E-state index in [1.54, 1.807) is 82.2 Å². The van der Waals surface area contributed by atoms with E-state index >= 15 is 0 Å². The number of fused-ring (bicyclic) bond motifs is 8. The van der Waals surface area contributed by atoms with Crippen LogP contribution in [-0.2, 0) is 18.9 Å². The highest BCUT2D eigenvalue weighted by Gasteiger charge is 2.27. The van der Waals surface area contributed by atoms with Gasteiger partial charge in [0.25, 0.3) is 0 Å². The second-order valence-electron chi connectivity index (χ2n) is 36.4. The fraction of sp³-hybridized carbons (Fsp3) is 0.353. The lowest BCUT2D eigenvalue weighted by Crippen LogP contribution is -2.46. The Morgan fingerprint density at radius 3 is 1.05 bits per heavy atom. The number of aromatic amines is 2. The fourth-order valence-corrected chi connectivity index (χ4v) is 15.4. The summed E-state index contributed by atoms with van der Waals surface area (Å²) in [4.78, 5) is 59.1. The van der Waals surface area contributed by atoms with Gasteiger partial charge in [0.1, 0.15) is 51.2 Å². The van der Waals surface area contributed by atoms with Crippen LogP contribution < -0.4 is 29.7 Å². The number of ether oxygens (including phenoxy) is 7. The van der Waals surface area contributed by atoms with Crippen LogP contribution in [0.2, 0.25) is 0 Å². The van der Waals surface area contributed by atoms with Crippen molar-refractivity contribution in [1.82, 2.24) is 69.3 Å². The maximum absolute atomic E-state index is 12.5. The molecule has 0 amide bonds. The highest BCUT2D eigenvalue weighted by molar-refractivity contribution is 9.09. The number of nitrogen functional groups attached to an aromatic ring is 1. The van der Waals surface area contributed by atoms with Gasteiger partial charge in [0, 0.05) is 148 Å². The fourth-order valence-electron chi connectivity index (χ4n) is 15.0. The van der Waals surface area contributed by atoms with Gasteiger partial charge in [0.05, 0.1) is 90.1 Å². The van der Waals surface area contributed by atoms with Gasteiger partial charge in [0.2, 0.25) is 0 Å². The van der Waals surface area contributed by atoms with Gasteiger partial charge in [-0.2, -0.15) is 49.3 Å². The predicted octanol–water partition coefficient (Wildman–Crippen LogP) is 21.2. The molecule has 30 nitrogen and oxygen atoms in total. The molecule has 18 rings (SSSR count). The average molecular weight is 1870 g/mol.